The Labute approximate surface area is 161 Å². The summed E-state index contributed by atoms with van der Waals surface area (Å²) in [5.74, 6) is -0.932. The zero-order valence-corrected chi connectivity index (χ0v) is 16.2. The van der Waals surface area contributed by atoms with E-state index in [1.54, 1.807) is 12.1 Å². The van der Waals surface area contributed by atoms with Gasteiger partial charge in [0.25, 0.3) is 5.91 Å². The lowest BCUT2D eigenvalue weighted by Gasteiger charge is -2.15. The Balaban J connectivity index is 1.82. The van der Waals surface area contributed by atoms with Crippen LogP contribution in [0.3, 0.4) is 0 Å². The molecular formula is C18H15Br2N3O2. The smallest absolute Gasteiger partial charge is 0.252 e. The number of nitrogens with one attached hydrogen (secondary N) is 2. The average Bonchev–Trinajstić information content (AvgIpc) is 2.96. The summed E-state index contributed by atoms with van der Waals surface area (Å²) >= 11 is 6.69. The lowest BCUT2D eigenvalue weighted by atomic mass is 10.0. The van der Waals surface area contributed by atoms with Crippen molar-refractivity contribution in [1.82, 2.24) is 10.3 Å². The van der Waals surface area contributed by atoms with Crippen molar-refractivity contribution in [2.45, 2.75) is 12.5 Å². The van der Waals surface area contributed by atoms with Crippen LogP contribution >= 0.6 is 31.9 Å². The molecule has 25 heavy (non-hydrogen) atoms. The molecule has 0 aliphatic rings. The molecule has 128 valence electrons. The van der Waals surface area contributed by atoms with Gasteiger partial charge in [0.15, 0.2) is 0 Å². The van der Waals surface area contributed by atoms with Crippen LogP contribution in [0.2, 0.25) is 0 Å². The number of aromatic amines is 1. The van der Waals surface area contributed by atoms with E-state index in [4.69, 9.17) is 5.73 Å². The zero-order chi connectivity index (χ0) is 18.0. The molecule has 0 unspecified atom stereocenters. The fourth-order valence-electron chi connectivity index (χ4n) is 2.67. The van der Waals surface area contributed by atoms with Crippen LogP contribution in [0, 0.1) is 0 Å². The van der Waals surface area contributed by atoms with E-state index >= 15 is 0 Å². The first-order valence-electron chi connectivity index (χ1n) is 7.55. The molecule has 0 bridgehead atoms. The highest BCUT2D eigenvalue weighted by atomic mass is 79.9. The number of rotatable bonds is 5. The standard InChI is InChI=1S/C18H15Br2N3O2/c19-12-5-10(6-13(20)8-12)18(25)23-16(17(21)24)7-11-9-22-15-4-2-1-3-14(11)15/h1-6,8-9,16,22H,7H2,(H2,21,24)(H,23,25)/t16-/m0/s1. The molecule has 3 aromatic rings. The van der Waals surface area contributed by atoms with Gasteiger partial charge in [-0.3, -0.25) is 9.59 Å². The summed E-state index contributed by atoms with van der Waals surface area (Å²) in [5.41, 5.74) is 7.84. The van der Waals surface area contributed by atoms with Gasteiger partial charge in [-0.2, -0.15) is 0 Å². The molecule has 1 atom stereocenters. The Morgan fingerprint density at radius 1 is 1.12 bits per heavy atom. The molecule has 0 spiro atoms. The maximum atomic E-state index is 12.5. The van der Waals surface area contributed by atoms with Gasteiger partial charge >= 0.3 is 0 Å². The number of carbonyl (C=O) groups is 2. The van der Waals surface area contributed by atoms with Crippen LogP contribution < -0.4 is 11.1 Å². The Morgan fingerprint density at radius 3 is 2.48 bits per heavy atom. The second kappa shape index (κ2) is 7.41. The number of aromatic nitrogens is 1. The highest BCUT2D eigenvalue weighted by Gasteiger charge is 2.21. The fraction of sp³-hybridized carbons (Fsp3) is 0.111. The molecule has 0 aliphatic heterocycles. The highest BCUT2D eigenvalue weighted by Crippen LogP contribution is 2.21. The van der Waals surface area contributed by atoms with Crippen molar-refractivity contribution in [3.63, 3.8) is 0 Å². The van der Waals surface area contributed by atoms with Crippen molar-refractivity contribution in [1.29, 1.82) is 0 Å². The number of amides is 2. The summed E-state index contributed by atoms with van der Waals surface area (Å²) in [6.07, 6.45) is 2.16. The molecule has 0 saturated carbocycles. The van der Waals surface area contributed by atoms with Crippen molar-refractivity contribution in [3.05, 3.63) is 68.7 Å². The molecule has 4 N–H and O–H groups in total. The van der Waals surface area contributed by atoms with Crippen LogP contribution in [0.5, 0.6) is 0 Å². The Bertz CT molecular complexity index is 932. The van der Waals surface area contributed by atoms with Crippen molar-refractivity contribution < 1.29 is 9.59 Å². The first-order chi connectivity index (χ1) is 11.9. The van der Waals surface area contributed by atoms with Gasteiger partial charge in [0.2, 0.25) is 5.91 Å². The summed E-state index contributed by atoms with van der Waals surface area (Å²) in [6.45, 7) is 0. The monoisotopic (exact) mass is 463 g/mol. The van der Waals surface area contributed by atoms with E-state index in [1.807, 2.05) is 36.5 Å². The minimum atomic E-state index is -0.801. The van der Waals surface area contributed by atoms with Crippen LogP contribution in [-0.2, 0) is 11.2 Å². The van der Waals surface area contributed by atoms with Crippen LogP contribution in [0.1, 0.15) is 15.9 Å². The second-order valence-corrected chi connectivity index (χ2v) is 7.48. The van der Waals surface area contributed by atoms with Gasteiger partial charge in [-0.15, -0.1) is 0 Å². The van der Waals surface area contributed by atoms with E-state index in [-0.39, 0.29) is 5.91 Å². The predicted octanol–water partition coefficient (Wildman–Crippen LogP) is 3.52. The van der Waals surface area contributed by atoms with Gasteiger partial charge in [-0.05, 0) is 29.8 Å². The van der Waals surface area contributed by atoms with Gasteiger partial charge in [0.1, 0.15) is 6.04 Å². The number of benzene rings is 2. The van der Waals surface area contributed by atoms with Crippen LogP contribution in [0.15, 0.2) is 57.6 Å². The fourth-order valence-corrected chi connectivity index (χ4v) is 3.96. The summed E-state index contributed by atoms with van der Waals surface area (Å²) in [7, 11) is 0. The topological polar surface area (TPSA) is 88.0 Å². The quantitative estimate of drug-likeness (QED) is 0.539. The predicted molar refractivity (Wildman–Crippen MR) is 104 cm³/mol. The molecule has 3 rings (SSSR count). The minimum Gasteiger partial charge on any atom is -0.368 e. The van der Waals surface area contributed by atoms with E-state index in [0.717, 1.165) is 25.4 Å². The van der Waals surface area contributed by atoms with E-state index < -0.39 is 11.9 Å². The SMILES string of the molecule is NC(=O)[C@H](Cc1c[nH]c2ccccc12)NC(=O)c1cc(Br)cc(Br)c1. The molecule has 5 nitrogen and oxygen atoms in total. The third-order valence-corrected chi connectivity index (χ3v) is 4.79. The van der Waals surface area contributed by atoms with Crippen molar-refractivity contribution >= 4 is 54.6 Å². The normalized spacial score (nSPS) is 12.1. The number of H-pyrrole nitrogens is 1. The van der Waals surface area contributed by atoms with Crippen molar-refractivity contribution in [2.24, 2.45) is 5.73 Å². The second-order valence-electron chi connectivity index (χ2n) is 5.65. The lowest BCUT2D eigenvalue weighted by Crippen LogP contribution is -2.45. The van der Waals surface area contributed by atoms with Crippen molar-refractivity contribution in [3.8, 4) is 0 Å². The van der Waals surface area contributed by atoms with Gasteiger partial charge in [-0.1, -0.05) is 50.1 Å². The average molecular weight is 465 g/mol. The summed E-state index contributed by atoms with van der Waals surface area (Å²) in [5, 5.41) is 3.73. The molecular weight excluding hydrogens is 450 g/mol. The molecule has 0 saturated heterocycles. The number of fused-ring (bicyclic) bond motifs is 1. The maximum absolute atomic E-state index is 12.5. The molecule has 1 aromatic heterocycles. The summed E-state index contributed by atoms with van der Waals surface area (Å²) in [6, 6.07) is 12.2. The van der Waals surface area contributed by atoms with Gasteiger partial charge in [0, 0.05) is 38.0 Å². The van der Waals surface area contributed by atoms with E-state index in [2.05, 4.69) is 42.2 Å². The third kappa shape index (κ3) is 4.11. The van der Waals surface area contributed by atoms with Crippen LogP contribution in [-0.4, -0.2) is 22.8 Å². The largest absolute Gasteiger partial charge is 0.368 e. The van der Waals surface area contributed by atoms with Crippen molar-refractivity contribution in [2.75, 3.05) is 0 Å². The molecule has 0 fully saturated rings. The first-order valence-corrected chi connectivity index (χ1v) is 9.14. The number of hydrogen-bond acceptors (Lipinski definition) is 2. The number of nitrogens with two attached hydrogens (primary N) is 1. The lowest BCUT2D eigenvalue weighted by molar-refractivity contribution is -0.119. The van der Waals surface area contributed by atoms with Gasteiger partial charge in [0.05, 0.1) is 0 Å². The Hall–Kier alpha value is -2.12. The van der Waals surface area contributed by atoms with E-state index in [9.17, 15) is 9.59 Å². The van der Waals surface area contributed by atoms with E-state index in [0.29, 0.717) is 12.0 Å². The van der Waals surface area contributed by atoms with Gasteiger partial charge in [-0.25, -0.2) is 0 Å². The molecule has 2 aromatic carbocycles. The molecule has 2 amide bonds. The molecule has 1 heterocycles. The number of carbonyl (C=O) groups excluding carboxylic acids is 2. The third-order valence-electron chi connectivity index (χ3n) is 3.87. The van der Waals surface area contributed by atoms with Gasteiger partial charge < -0.3 is 16.0 Å². The Kier molecular flexibility index (Phi) is 5.24. The molecule has 7 heteroatoms. The first kappa shape index (κ1) is 17.7. The number of primary amides is 1. The molecule has 0 aliphatic carbocycles. The number of hydrogen-bond donors (Lipinski definition) is 3. The summed E-state index contributed by atoms with van der Waals surface area (Å²) < 4.78 is 1.53. The maximum Gasteiger partial charge on any atom is 0.252 e. The zero-order valence-electron chi connectivity index (χ0n) is 13.1. The Morgan fingerprint density at radius 2 is 1.80 bits per heavy atom. The summed E-state index contributed by atoms with van der Waals surface area (Å²) in [4.78, 5) is 27.5. The minimum absolute atomic E-state index is 0.320. The van der Waals surface area contributed by atoms with E-state index in [1.165, 1.54) is 0 Å². The van der Waals surface area contributed by atoms with Crippen LogP contribution in [0.4, 0.5) is 0 Å². The number of halogens is 2. The molecule has 0 radical (unpaired) electrons. The highest BCUT2D eigenvalue weighted by molar-refractivity contribution is 9.11. The number of para-hydroxylation sites is 1. The van der Waals surface area contributed by atoms with Crippen LogP contribution in [0.25, 0.3) is 10.9 Å².